The smallest absolute Gasteiger partial charge is 0.271 e. The van der Waals surface area contributed by atoms with Crippen LogP contribution in [-0.4, -0.2) is 17.7 Å². The summed E-state index contributed by atoms with van der Waals surface area (Å²) >= 11 is 0. The van der Waals surface area contributed by atoms with E-state index in [1.165, 1.54) is 32.1 Å². The molecular weight excluding hydrogens is 1040 g/mol. The summed E-state index contributed by atoms with van der Waals surface area (Å²) in [5, 5.41) is 0. The molecule has 0 saturated carbocycles. The van der Waals surface area contributed by atoms with E-state index in [0.29, 0.717) is 0 Å². The first kappa shape index (κ1) is 58.7. The fourth-order valence-electron chi connectivity index (χ4n) is 7.52. The van der Waals surface area contributed by atoms with Crippen molar-refractivity contribution in [3.63, 3.8) is 0 Å². The van der Waals surface area contributed by atoms with Gasteiger partial charge in [0.25, 0.3) is 0 Å². The maximum Gasteiger partial charge on any atom is 0.416 e. The van der Waals surface area contributed by atoms with Gasteiger partial charge in [0.15, 0.2) is 6.61 Å². The summed E-state index contributed by atoms with van der Waals surface area (Å²) in [7, 11) is 0. The first-order valence-corrected chi connectivity index (χ1v) is 20.5. The van der Waals surface area contributed by atoms with Gasteiger partial charge < -0.3 is 0 Å². The summed E-state index contributed by atoms with van der Waals surface area (Å²) in [5.74, 6) is 0. The summed E-state index contributed by atoms with van der Waals surface area (Å²) in [6, 6.07) is -8.81. The Hall–Kier alpha value is -5.86. The predicted octanol–water partition coefficient (Wildman–Crippen LogP) is 13.4. The molecular formula is C44H33BF24N2O. The maximum absolute atomic E-state index is 14.2. The molecule has 3 nitrogen and oxygen atoms in total. The molecule has 5 aromatic rings. The standard InChI is InChI=1S/C32H12BF24.C12H21N2O/c34-25(35,36)13-1-14(26(37,38)39)6-21(5-13)33(22-7-15(27(40,41)42)2-16(8-22)28(43,44)45,23-9-17(29(46,47)48)3-18(10-23)30(49,50)51)24-11-19(31(52,53)54)4-20(12-24)32(55,56)57;1-2-3-4-5-6-7-12-15-14-10-8-13-9-11-14/h1-12H;8-11H,2-7,12H2,1H3/q-1;+1. The molecule has 0 aliphatic rings. The lowest BCUT2D eigenvalue weighted by Gasteiger charge is -2.46. The highest BCUT2D eigenvalue weighted by molar-refractivity contribution is 7.20. The number of rotatable bonds is 12. The van der Waals surface area contributed by atoms with Crippen molar-refractivity contribution < 1.29 is 115 Å². The lowest BCUT2D eigenvalue weighted by atomic mass is 9.12. The highest BCUT2D eigenvalue weighted by Crippen LogP contribution is 2.41. The Morgan fingerprint density at radius 2 is 0.569 bits per heavy atom. The minimum absolute atomic E-state index is 0.691. The largest absolute Gasteiger partial charge is 0.416 e. The van der Waals surface area contributed by atoms with Crippen molar-refractivity contribution in [1.82, 2.24) is 4.98 Å². The van der Waals surface area contributed by atoms with Gasteiger partial charge in [0.2, 0.25) is 12.4 Å². The molecule has 0 unspecified atom stereocenters. The number of benzene rings is 4. The SMILES string of the molecule is CCCCCCCCO[n+]1ccncc1.FC(F)(F)c1cc([B-](c2cc(C(F)(F)F)cc(C(F)(F)F)c2)(c2cc(C(F)(F)F)cc(C(F)(F)F)c2)c2cc(C(F)(F)F)cc(C(F)(F)F)c2)cc(C(F)(F)F)c1. The highest BCUT2D eigenvalue weighted by atomic mass is 19.4. The Bertz CT molecular complexity index is 2170. The lowest BCUT2D eigenvalue weighted by Crippen LogP contribution is -2.75. The van der Waals surface area contributed by atoms with Crippen molar-refractivity contribution in [3.05, 3.63) is 142 Å². The van der Waals surface area contributed by atoms with E-state index in [2.05, 4.69) is 11.9 Å². The van der Waals surface area contributed by atoms with Crippen LogP contribution in [0.5, 0.6) is 0 Å². The molecule has 0 aliphatic carbocycles. The summed E-state index contributed by atoms with van der Waals surface area (Å²) < 4.78 is 343. The van der Waals surface area contributed by atoms with Crippen LogP contribution in [0, 0.1) is 0 Å². The topological polar surface area (TPSA) is 26.0 Å². The second-order valence-electron chi connectivity index (χ2n) is 15.9. The van der Waals surface area contributed by atoms with Crippen LogP contribution in [0.2, 0.25) is 0 Å². The summed E-state index contributed by atoms with van der Waals surface area (Å²) in [6.45, 7) is 3.03. The lowest BCUT2D eigenvalue weighted by molar-refractivity contribution is -0.891. The van der Waals surface area contributed by atoms with E-state index in [0.717, 1.165) is 13.0 Å². The van der Waals surface area contributed by atoms with E-state index in [-0.39, 0.29) is 0 Å². The van der Waals surface area contributed by atoms with Gasteiger partial charge in [-0.25, -0.2) is 0 Å². The van der Waals surface area contributed by atoms with Crippen molar-refractivity contribution in [1.29, 1.82) is 0 Å². The van der Waals surface area contributed by atoms with Gasteiger partial charge in [-0.15, -0.1) is 0 Å². The zero-order valence-electron chi connectivity index (χ0n) is 36.1. The van der Waals surface area contributed by atoms with Crippen molar-refractivity contribution >= 4 is 28.0 Å². The molecule has 1 aromatic heterocycles. The van der Waals surface area contributed by atoms with E-state index >= 15 is 0 Å². The van der Waals surface area contributed by atoms with E-state index < -0.39 is 195 Å². The van der Waals surface area contributed by atoms with Gasteiger partial charge in [-0.3, -0.25) is 9.82 Å². The monoisotopic (exact) mass is 1070 g/mol. The van der Waals surface area contributed by atoms with Crippen LogP contribution >= 0.6 is 0 Å². The Balaban J connectivity index is 0.000000639. The van der Waals surface area contributed by atoms with Gasteiger partial charge in [-0.1, -0.05) is 81.1 Å². The minimum atomic E-state index is -6.13. The van der Waals surface area contributed by atoms with E-state index in [1.54, 1.807) is 17.1 Å². The van der Waals surface area contributed by atoms with Crippen LogP contribution in [0.3, 0.4) is 0 Å². The second-order valence-corrected chi connectivity index (χ2v) is 15.9. The molecule has 0 N–H and O–H groups in total. The van der Waals surface area contributed by atoms with Crippen LogP contribution in [0.4, 0.5) is 105 Å². The maximum atomic E-state index is 14.2. The van der Waals surface area contributed by atoms with Crippen LogP contribution in [0.1, 0.15) is 90.0 Å². The van der Waals surface area contributed by atoms with Crippen molar-refractivity contribution in [2.45, 2.75) is 94.9 Å². The first-order valence-electron chi connectivity index (χ1n) is 20.5. The van der Waals surface area contributed by atoms with Crippen molar-refractivity contribution in [3.8, 4) is 0 Å². The third-order valence-electron chi connectivity index (χ3n) is 10.8. The zero-order chi connectivity index (χ0) is 54.7. The molecule has 0 spiro atoms. The van der Waals surface area contributed by atoms with Gasteiger partial charge in [0, 0.05) is 4.73 Å². The van der Waals surface area contributed by atoms with Gasteiger partial charge >= 0.3 is 49.4 Å². The molecule has 28 heteroatoms. The molecule has 0 aliphatic heterocycles. The number of aromatic nitrogens is 2. The first-order chi connectivity index (χ1) is 32.7. The zero-order valence-corrected chi connectivity index (χ0v) is 36.1. The molecule has 0 saturated heterocycles. The van der Waals surface area contributed by atoms with Crippen molar-refractivity contribution in [2.24, 2.45) is 0 Å². The number of nitrogens with zero attached hydrogens (tertiary/aromatic N) is 2. The molecule has 72 heavy (non-hydrogen) atoms. The number of hydrogen-bond acceptors (Lipinski definition) is 2. The van der Waals surface area contributed by atoms with Crippen LogP contribution < -0.4 is 31.4 Å². The van der Waals surface area contributed by atoms with Gasteiger partial charge in [0.05, 0.1) is 56.9 Å². The van der Waals surface area contributed by atoms with Crippen LogP contribution in [0.25, 0.3) is 0 Å². The molecule has 4 aromatic carbocycles. The normalized spacial score (nSPS) is 13.5. The fourth-order valence-corrected chi connectivity index (χ4v) is 7.52. The summed E-state index contributed by atoms with van der Waals surface area (Å²) in [5.41, 5.74) is -30.2. The predicted molar refractivity (Wildman–Crippen MR) is 209 cm³/mol. The summed E-state index contributed by atoms with van der Waals surface area (Å²) in [4.78, 5) is 9.41. The third-order valence-corrected chi connectivity index (χ3v) is 10.8. The molecule has 1 heterocycles. The molecule has 396 valence electrons. The van der Waals surface area contributed by atoms with Crippen molar-refractivity contribution in [2.75, 3.05) is 6.61 Å². The second kappa shape index (κ2) is 21.3. The number of alkyl halides is 24. The van der Waals surface area contributed by atoms with Gasteiger partial charge in [-0.2, -0.15) is 127 Å². The van der Waals surface area contributed by atoms with Crippen LogP contribution in [-0.2, 0) is 49.4 Å². The van der Waals surface area contributed by atoms with Gasteiger partial charge in [-0.05, 0) is 37.1 Å². The number of halogens is 24. The Morgan fingerprint density at radius 3 is 0.792 bits per heavy atom. The fraction of sp³-hybridized carbons (Fsp3) is 0.364. The minimum Gasteiger partial charge on any atom is -0.271 e. The molecule has 0 bridgehead atoms. The molecule has 0 amide bonds. The van der Waals surface area contributed by atoms with E-state index in [1.807, 2.05) is 12.4 Å². The Labute approximate surface area is 391 Å². The summed E-state index contributed by atoms with van der Waals surface area (Å²) in [6.07, 6.45) is -40.0. The molecule has 0 radical (unpaired) electrons. The third kappa shape index (κ3) is 14.9. The van der Waals surface area contributed by atoms with E-state index in [4.69, 9.17) is 4.84 Å². The Kier molecular flexibility index (Phi) is 17.4. The average molecular weight is 1070 g/mol. The highest BCUT2D eigenvalue weighted by Gasteiger charge is 2.47. The van der Waals surface area contributed by atoms with Crippen LogP contribution in [0.15, 0.2) is 97.6 Å². The molecule has 5 rings (SSSR count). The van der Waals surface area contributed by atoms with Gasteiger partial charge in [0.1, 0.15) is 6.15 Å². The average Bonchev–Trinajstić information content (AvgIpc) is 3.24. The number of hydrogen-bond donors (Lipinski definition) is 0. The Morgan fingerprint density at radius 1 is 0.347 bits per heavy atom. The molecule has 0 fully saturated rings. The quantitative estimate of drug-likeness (QED) is 0.0539. The number of unbranched alkanes of at least 4 members (excludes halogenated alkanes) is 5. The van der Waals surface area contributed by atoms with E-state index in [9.17, 15) is 105 Å². The molecule has 0 atom stereocenters.